The summed E-state index contributed by atoms with van der Waals surface area (Å²) in [5.74, 6) is 1.14. The molecule has 0 saturated heterocycles. The molecule has 0 N–H and O–H groups in total. The third-order valence-electron chi connectivity index (χ3n) is 4.92. The quantitative estimate of drug-likeness (QED) is 0.436. The molecule has 0 saturated carbocycles. The molecule has 5 nitrogen and oxygen atoms in total. The van der Waals surface area contributed by atoms with E-state index in [2.05, 4.69) is 55.0 Å². The van der Waals surface area contributed by atoms with Gasteiger partial charge in [0.1, 0.15) is 5.69 Å². The first kappa shape index (κ1) is 12.9. The van der Waals surface area contributed by atoms with Gasteiger partial charge in [0.05, 0.1) is 18.3 Å². The van der Waals surface area contributed by atoms with E-state index in [4.69, 9.17) is 4.98 Å². The first-order valence-corrected chi connectivity index (χ1v) is 8.32. The van der Waals surface area contributed by atoms with Gasteiger partial charge in [-0.05, 0) is 30.3 Å². The maximum atomic E-state index is 4.91. The molecule has 4 aromatic heterocycles. The minimum absolute atomic E-state index is 0.839. The minimum Gasteiger partial charge on any atom is -0.264 e. The predicted octanol–water partition coefficient (Wildman–Crippen LogP) is 2.99. The number of benzene rings is 1. The molecular weight excluding hydrogens is 310 g/mol. The first-order valence-electron chi connectivity index (χ1n) is 8.32. The first-order chi connectivity index (χ1) is 12.4. The van der Waals surface area contributed by atoms with E-state index < -0.39 is 0 Å². The number of nitrogens with zero attached hydrogens (tertiary/aromatic N) is 5. The Morgan fingerprint density at radius 3 is 2.76 bits per heavy atom. The van der Waals surface area contributed by atoms with Crippen LogP contribution in [0, 0.1) is 0 Å². The monoisotopic (exact) mass is 324 g/mol. The van der Waals surface area contributed by atoms with E-state index in [1.165, 1.54) is 11.1 Å². The van der Waals surface area contributed by atoms with Crippen LogP contribution in [-0.2, 0) is 6.54 Å². The zero-order chi connectivity index (χ0) is 16.4. The highest BCUT2D eigenvalue weighted by atomic mass is 15.3. The molecule has 1 aliphatic heterocycles. The van der Waals surface area contributed by atoms with Gasteiger partial charge in [0.25, 0.3) is 11.3 Å². The van der Waals surface area contributed by atoms with Crippen LogP contribution in [0.3, 0.4) is 0 Å². The fourth-order valence-electron chi connectivity index (χ4n) is 3.86. The summed E-state index contributed by atoms with van der Waals surface area (Å²) < 4.78 is 6.75. The van der Waals surface area contributed by atoms with Crippen molar-refractivity contribution in [1.29, 1.82) is 0 Å². The molecule has 6 rings (SSSR count). The van der Waals surface area contributed by atoms with Gasteiger partial charge in [0, 0.05) is 18.0 Å². The number of hydrogen-bond acceptors (Lipinski definition) is 2. The molecule has 0 amide bonds. The Labute approximate surface area is 143 Å². The Morgan fingerprint density at radius 1 is 0.960 bits per heavy atom. The van der Waals surface area contributed by atoms with Gasteiger partial charge in [-0.1, -0.05) is 24.3 Å². The Bertz CT molecular complexity index is 1260. The van der Waals surface area contributed by atoms with E-state index in [1.54, 1.807) is 0 Å². The van der Waals surface area contributed by atoms with Crippen molar-refractivity contribution >= 4 is 16.9 Å². The average molecular weight is 324 g/mol. The van der Waals surface area contributed by atoms with Crippen molar-refractivity contribution in [3.8, 4) is 17.1 Å². The smallest absolute Gasteiger partial charge is 0.264 e. The largest absolute Gasteiger partial charge is 0.295 e. The number of para-hydroxylation sites is 1. The zero-order valence-corrected chi connectivity index (χ0v) is 13.4. The van der Waals surface area contributed by atoms with Gasteiger partial charge in [0.2, 0.25) is 5.82 Å². The highest BCUT2D eigenvalue weighted by Crippen LogP contribution is 2.33. The molecule has 1 aromatic carbocycles. The SMILES string of the molecule is c1ccc(-n2c3[n+](c4c2nc2ccccn24)Cc2ccncc2-3)cc1. The molecule has 1 aliphatic rings. The number of fused-ring (bicyclic) bond motifs is 7. The molecule has 5 aromatic rings. The van der Waals surface area contributed by atoms with E-state index in [-0.39, 0.29) is 0 Å². The second-order valence-electron chi connectivity index (χ2n) is 6.30. The fraction of sp³-hybridized carbons (Fsp3) is 0.0500. The van der Waals surface area contributed by atoms with Gasteiger partial charge in [-0.15, -0.1) is 0 Å². The zero-order valence-electron chi connectivity index (χ0n) is 13.4. The Kier molecular flexibility index (Phi) is 2.34. The van der Waals surface area contributed by atoms with Crippen molar-refractivity contribution < 1.29 is 4.57 Å². The van der Waals surface area contributed by atoms with Gasteiger partial charge in [-0.3, -0.25) is 4.98 Å². The number of rotatable bonds is 1. The molecule has 0 spiro atoms. The summed E-state index contributed by atoms with van der Waals surface area (Å²) in [5.41, 5.74) is 6.63. The van der Waals surface area contributed by atoms with Crippen molar-refractivity contribution in [2.24, 2.45) is 0 Å². The summed E-state index contributed by atoms with van der Waals surface area (Å²) in [7, 11) is 0. The molecular formula is C20H14N5+. The highest BCUT2D eigenvalue weighted by Gasteiger charge is 2.36. The van der Waals surface area contributed by atoms with E-state index in [0.29, 0.717) is 0 Å². The minimum atomic E-state index is 0.839. The molecule has 0 atom stereocenters. The number of imidazole rings is 2. The van der Waals surface area contributed by atoms with E-state index in [1.807, 2.05) is 36.7 Å². The van der Waals surface area contributed by atoms with E-state index in [9.17, 15) is 0 Å². The molecule has 5 heterocycles. The third-order valence-corrected chi connectivity index (χ3v) is 4.92. The van der Waals surface area contributed by atoms with Crippen molar-refractivity contribution in [3.05, 3.63) is 78.8 Å². The van der Waals surface area contributed by atoms with Gasteiger partial charge in [-0.25, -0.2) is 13.5 Å². The lowest BCUT2D eigenvalue weighted by atomic mass is 10.2. The number of pyridine rings is 2. The van der Waals surface area contributed by atoms with E-state index in [0.717, 1.165) is 35.0 Å². The van der Waals surface area contributed by atoms with Gasteiger partial charge < -0.3 is 0 Å². The molecule has 0 fully saturated rings. The van der Waals surface area contributed by atoms with Crippen molar-refractivity contribution in [1.82, 2.24) is 18.9 Å². The second kappa shape index (κ2) is 4.54. The topological polar surface area (TPSA) is 39.0 Å². The van der Waals surface area contributed by atoms with Crippen molar-refractivity contribution in [3.63, 3.8) is 0 Å². The maximum absolute atomic E-state index is 4.91. The number of aromatic nitrogens is 5. The van der Waals surface area contributed by atoms with Crippen LogP contribution in [0.25, 0.3) is 34.0 Å². The van der Waals surface area contributed by atoms with Crippen LogP contribution in [-0.4, -0.2) is 18.9 Å². The van der Waals surface area contributed by atoms with Crippen LogP contribution in [0.1, 0.15) is 5.56 Å². The molecule has 118 valence electrons. The predicted molar refractivity (Wildman–Crippen MR) is 94.6 cm³/mol. The summed E-state index contributed by atoms with van der Waals surface area (Å²) >= 11 is 0. The Balaban J connectivity index is 1.83. The van der Waals surface area contributed by atoms with Crippen LogP contribution < -0.4 is 4.57 Å². The number of hydrogen-bond donors (Lipinski definition) is 0. The van der Waals surface area contributed by atoms with Crippen LogP contribution >= 0.6 is 0 Å². The molecule has 0 bridgehead atoms. The maximum Gasteiger partial charge on any atom is 0.295 e. The molecule has 0 unspecified atom stereocenters. The summed E-state index contributed by atoms with van der Waals surface area (Å²) in [6.45, 7) is 0.839. The van der Waals surface area contributed by atoms with Crippen LogP contribution in [0.15, 0.2) is 73.2 Å². The highest BCUT2D eigenvalue weighted by molar-refractivity contribution is 5.79. The van der Waals surface area contributed by atoms with Crippen LogP contribution in [0.5, 0.6) is 0 Å². The van der Waals surface area contributed by atoms with E-state index >= 15 is 0 Å². The molecule has 0 aliphatic carbocycles. The van der Waals surface area contributed by atoms with Crippen molar-refractivity contribution in [2.75, 3.05) is 0 Å². The van der Waals surface area contributed by atoms with Gasteiger partial charge in [0.15, 0.2) is 5.65 Å². The molecule has 5 heteroatoms. The Hall–Kier alpha value is -3.47. The third kappa shape index (κ3) is 1.59. The molecule has 25 heavy (non-hydrogen) atoms. The normalized spacial score (nSPS) is 12.6. The van der Waals surface area contributed by atoms with Crippen LogP contribution in [0.2, 0.25) is 0 Å². The summed E-state index contributed by atoms with van der Waals surface area (Å²) in [4.78, 5) is 9.27. The standard InChI is InChI=1S/C20H14N5/c1-2-6-15(7-3-1)25-18-20(23-11-5-4-8-17(23)22-18)24-13-14-9-10-21-12-16(14)19(24)25/h1-12H,13H2/q+1. The summed E-state index contributed by atoms with van der Waals surface area (Å²) in [6.07, 6.45) is 5.90. The van der Waals surface area contributed by atoms with Crippen LogP contribution in [0.4, 0.5) is 0 Å². The van der Waals surface area contributed by atoms with Crippen molar-refractivity contribution in [2.45, 2.75) is 6.54 Å². The lowest BCUT2D eigenvalue weighted by Gasteiger charge is -2.02. The lowest BCUT2D eigenvalue weighted by molar-refractivity contribution is -0.648. The average Bonchev–Trinajstić information content (AvgIpc) is 3.29. The molecule has 0 radical (unpaired) electrons. The lowest BCUT2D eigenvalue weighted by Crippen LogP contribution is -2.32. The fourth-order valence-corrected chi connectivity index (χ4v) is 3.86. The Morgan fingerprint density at radius 2 is 1.84 bits per heavy atom. The van der Waals surface area contributed by atoms with Gasteiger partial charge in [-0.2, -0.15) is 4.98 Å². The second-order valence-corrected chi connectivity index (χ2v) is 6.30. The van der Waals surface area contributed by atoms with Gasteiger partial charge >= 0.3 is 0 Å². The summed E-state index contributed by atoms with van der Waals surface area (Å²) in [5, 5.41) is 0. The summed E-state index contributed by atoms with van der Waals surface area (Å²) in [6, 6.07) is 18.6.